The molecule has 0 fully saturated rings. The average molecular weight is 186 g/mol. The van der Waals surface area contributed by atoms with Crippen LogP contribution in [0.25, 0.3) is 0 Å². The molecule has 0 heterocycles. The number of carbonyl (C=O) groups excluding carboxylic acids is 1. The van der Waals surface area contributed by atoms with Gasteiger partial charge in [-0.3, -0.25) is 4.79 Å². The van der Waals surface area contributed by atoms with Crippen molar-refractivity contribution in [3.05, 3.63) is 29.6 Å². The Kier molecular flexibility index (Phi) is 2.60. The van der Waals surface area contributed by atoms with Crippen LogP contribution in [0.5, 0.6) is 5.75 Å². The van der Waals surface area contributed by atoms with Crippen molar-refractivity contribution in [1.82, 2.24) is 0 Å². The van der Waals surface area contributed by atoms with Crippen LogP contribution in [0.15, 0.2) is 18.2 Å². The molecule has 1 aromatic carbocycles. The van der Waals surface area contributed by atoms with E-state index in [1.165, 1.54) is 0 Å². The van der Waals surface area contributed by atoms with E-state index in [0.29, 0.717) is 0 Å². The smallest absolute Gasteiger partial charge is 0.218 e. The number of rotatable bonds is 2. The molecule has 0 spiro atoms. The van der Waals surface area contributed by atoms with Gasteiger partial charge in [-0.1, -0.05) is 0 Å². The lowest BCUT2D eigenvalue weighted by Crippen LogP contribution is -2.19. The summed E-state index contributed by atoms with van der Waals surface area (Å²) in [5.41, 5.74) is -0.203. The highest BCUT2D eigenvalue weighted by Gasteiger charge is 2.15. The summed E-state index contributed by atoms with van der Waals surface area (Å²) in [4.78, 5) is 10.9. The van der Waals surface area contributed by atoms with Gasteiger partial charge < -0.3 is 15.3 Å². The molecule has 5 heteroatoms. The average Bonchev–Trinajstić information content (AvgIpc) is 2.08. The van der Waals surface area contributed by atoms with Gasteiger partial charge >= 0.3 is 0 Å². The van der Waals surface area contributed by atoms with E-state index in [4.69, 9.17) is 15.3 Å². The number of Topliss-reactive ketones (excluding diaryl/α,β-unsaturated/α-hetero) is 1. The van der Waals surface area contributed by atoms with Crippen LogP contribution in [0.3, 0.4) is 0 Å². The number of phenols is 1. The Hall–Kier alpha value is -1.46. The highest BCUT2D eigenvalue weighted by Crippen LogP contribution is 2.16. The third kappa shape index (κ3) is 2.01. The van der Waals surface area contributed by atoms with E-state index in [9.17, 15) is 9.18 Å². The predicted molar refractivity (Wildman–Crippen MR) is 40.6 cm³/mol. The molecule has 13 heavy (non-hydrogen) atoms. The number of benzene rings is 1. The van der Waals surface area contributed by atoms with E-state index in [1.54, 1.807) is 0 Å². The lowest BCUT2D eigenvalue weighted by atomic mass is 10.1. The minimum Gasteiger partial charge on any atom is -0.505 e. The van der Waals surface area contributed by atoms with Gasteiger partial charge in [-0.05, 0) is 18.2 Å². The molecule has 0 radical (unpaired) electrons. The fourth-order valence-corrected chi connectivity index (χ4v) is 0.809. The lowest BCUT2D eigenvalue weighted by molar-refractivity contribution is -0.0195. The van der Waals surface area contributed by atoms with Gasteiger partial charge in [0.15, 0.2) is 11.6 Å². The van der Waals surface area contributed by atoms with E-state index in [2.05, 4.69) is 0 Å². The van der Waals surface area contributed by atoms with E-state index in [-0.39, 0.29) is 5.56 Å². The first-order valence-corrected chi connectivity index (χ1v) is 3.41. The summed E-state index contributed by atoms with van der Waals surface area (Å²) in [6.07, 6.45) is -2.16. The molecule has 3 N–H and O–H groups in total. The second-order valence-electron chi connectivity index (χ2n) is 2.40. The molecule has 70 valence electrons. The van der Waals surface area contributed by atoms with Crippen molar-refractivity contribution >= 4 is 5.78 Å². The number of aliphatic hydroxyl groups is 2. The van der Waals surface area contributed by atoms with Crippen LogP contribution >= 0.6 is 0 Å². The molecule has 1 rings (SSSR count). The zero-order valence-electron chi connectivity index (χ0n) is 6.44. The Bertz CT molecular complexity index is 335. The maximum absolute atomic E-state index is 12.6. The Labute approximate surface area is 72.9 Å². The molecular formula is C8H7FO4. The van der Waals surface area contributed by atoms with Crippen molar-refractivity contribution in [1.29, 1.82) is 0 Å². The van der Waals surface area contributed by atoms with Crippen LogP contribution < -0.4 is 0 Å². The molecule has 0 aromatic heterocycles. The molecule has 4 nitrogen and oxygen atoms in total. The third-order valence-corrected chi connectivity index (χ3v) is 1.47. The zero-order chi connectivity index (χ0) is 10.0. The highest BCUT2D eigenvalue weighted by molar-refractivity contribution is 5.98. The molecule has 0 bridgehead atoms. The van der Waals surface area contributed by atoms with Gasteiger partial charge in [0, 0.05) is 5.56 Å². The number of hydrogen-bond acceptors (Lipinski definition) is 4. The first-order chi connectivity index (χ1) is 6.02. The Morgan fingerprint density at radius 1 is 1.38 bits per heavy atom. The molecule has 0 unspecified atom stereocenters. The van der Waals surface area contributed by atoms with Gasteiger partial charge in [-0.15, -0.1) is 0 Å². The molecular weight excluding hydrogens is 179 g/mol. The number of phenolic OH excluding ortho intramolecular Hbond substituents is 1. The van der Waals surface area contributed by atoms with Crippen molar-refractivity contribution in [3.8, 4) is 5.75 Å². The summed E-state index contributed by atoms with van der Waals surface area (Å²) >= 11 is 0. The molecule has 0 aliphatic carbocycles. The fourth-order valence-electron chi connectivity index (χ4n) is 0.809. The van der Waals surface area contributed by atoms with Gasteiger partial charge in [-0.25, -0.2) is 4.39 Å². The molecule has 0 atom stereocenters. The molecule has 0 aliphatic rings. The fraction of sp³-hybridized carbons (Fsp3) is 0.125. The Morgan fingerprint density at radius 2 is 2.00 bits per heavy atom. The van der Waals surface area contributed by atoms with Gasteiger partial charge in [0.1, 0.15) is 0 Å². The molecule has 1 aromatic rings. The van der Waals surface area contributed by atoms with Crippen molar-refractivity contribution < 1.29 is 24.5 Å². The third-order valence-electron chi connectivity index (χ3n) is 1.47. The summed E-state index contributed by atoms with van der Waals surface area (Å²) in [5, 5.41) is 25.7. The van der Waals surface area contributed by atoms with Crippen LogP contribution in [0.4, 0.5) is 4.39 Å². The maximum atomic E-state index is 12.6. The number of aromatic hydroxyl groups is 1. The first-order valence-electron chi connectivity index (χ1n) is 3.41. The Morgan fingerprint density at radius 3 is 2.46 bits per heavy atom. The van der Waals surface area contributed by atoms with Gasteiger partial charge in [0.05, 0.1) is 0 Å². The van der Waals surface area contributed by atoms with Crippen LogP contribution in [0, 0.1) is 5.82 Å². The van der Waals surface area contributed by atoms with E-state index in [0.717, 1.165) is 18.2 Å². The van der Waals surface area contributed by atoms with Crippen molar-refractivity contribution in [2.45, 2.75) is 6.29 Å². The minimum absolute atomic E-state index is 0.203. The van der Waals surface area contributed by atoms with E-state index < -0.39 is 23.6 Å². The summed E-state index contributed by atoms with van der Waals surface area (Å²) in [6, 6.07) is 2.79. The summed E-state index contributed by atoms with van der Waals surface area (Å²) in [7, 11) is 0. The highest BCUT2D eigenvalue weighted by atomic mass is 19.1. The monoisotopic (exact) mass is 186 g/mol. The number of aliphatic hydroxyl groups excluding tert-OH is 1. The largest absolute Gasteiger partial charge is 0.505 e. The predicted octanol–water partition coefficient (Wildman–Crippen LogP) is 0.0247. The molecule has 0 amide bonds. The van der Waals surface area contributed by atoms with Crippen molar-refractivity contribution in [3.63, 3.8) is 0 Å². The number of hydrogen-bond donors (Lipinski definition) is 3. The van der Waals surface area contributed by atoms with Crippen LogP contribution in [0.2, 0.25) is 0 Å². The normalized spacial score (nSPS) is 10.5. The molecule has 0 aliphatic heterocycles. The van der Waals surface area contributed by atoms with E-state index in [1.807, 2.05) is 0 Å². The number of ketones is 1. The first kappa shape index (κ1) is 9.63. The molecule has 0 saturated heterocycles. The zero-order valence-corrected chi connectivity index (χ0v) is 6.44. The molecule has 0 saturated carbocycles. The van der Waals surface area contributed by atoms with Crippen LogP contribution in [-0.2, 0) is 0 Å². The summed E-state index contributed by atoms with van der Waals surface area (Å²) in [5.74, 6) is -2.59. The van der Waals surface area contributed by atoms with Gasteiger partial charge in [0.2, 0.25) is 12.1 Å². The quantitative estimate of drug-likeness (QED) is 0.449. The number of carbonyl (C=O) groups is 1. The van der Waals surface area contributed by atoms with Gasteiger partial charge in [0.25, 0.3) is 0 Å². The topological polar surface area (TPSA) is 77.8 Å². The van der Waals surface area contributed by atoms with Crippen molar-refractivity contribution in [2.24, 2.45) is 0 Å². The number of halogens is 1. The van der Waals surface area contributed by atoms with Crippen molar-refractivity contribution in [2.75, 3.05) is 0 Å². The second-order valence-corrected chi connectivity index (χ2v) is 2.40. The Balaban J connectivity index is 3.04. The standard InChI is InChI=1S/C8H7FO4/c9-5-3-4(1-2-6(5)10)7(11)8(12)13/h1-3,8,10,12-13H. The summed E-state index contributed by atoms with van der Waals surface area (Å²) < 4.78 is 12.6. The van der Waals surface area contributed by atoms with Gasteiger partial charge in [-0.2, -0.15) is 0 Å². The van der Waals surface area contributed by atoms with Crippen LogP contribution in [-0.4, -0.2) is 27.4 Å². The minimum atomic E-state index is -2.16. The van der Waals surface area contributed by atoms with E-state index >= 15 is 0 Å². The lowest BCUT2D eigenvalue weighted by Gasteiger charge is -2.02. The maximum Gasteiger partial charge on any atom is 0.218 e. The SMILES string of the molecule is O=C(c1ccc(O)c(F)c1)C(O)O. The van der Waals surface area contributed by atoms with Crippen LogP contribution in [0.1, 0.15) is 10.4 Å². The second kappa shape index (κ2) is 3.51. The summed E-state index contributed by atoms with van der Waals surface area (Å²) in [6.45, 7) is 0.